The highest BCUT2D eigenvalue weighted by Crippen LogP contribution is 2.40. The minimum absolute atomic E-state index is 0.117. The predicted octanol–water partition coefficient (Wildman–Crippen LogP) is 3.41. The van der Waals surface area contributed by atoms with Crippen LogP contribution in [0.1, 0.15) is 56.9 Å². The number of nitrogens with one attached hydrogen (secondary N) is 1. The number of ether oxygens (including phenoxy) is 1. The lowest BCUT2D eigenvalue weighted by Crippen LogP contribution is -2.44. The van der Waals surface area contributed by atoms with Gasteiger partial charge in [-0.05, 0) is 51.3 Å². The molecule has 2 aromatic rings. The number of fused-ring (bicyclic) bond motifs is 1. The summed E-state index contributed by atoms with van der Waals surface area (Å²) >= 11 is 5.99. The third-order valence-corrected chi connectivity index (χ3v) is 4.98. The summed E-state index contributed by atoms with van der Waals surface area (Å²) in [5.41, 5.74) is 0.192. The van der Waals surface area contributed by atoms with Gasteiger partial charge in [-0.3, -0.25) is 5.32 Å². The number of aromatic nitrogens is 3. The Bertz CT molecular complexity index is 807. The summed E-state index contributed by atoms with van der Waals surface area (Å²) in [4.78, 5) is 20.2. The van der Waals surface area contributed by atoms with E-state index in [0.29, 0.717) is 24.3 Å². The van der Waals surface area contributed by atoms with Gasteiger partial charge in [-0.15, -0.1) is 0 Å². The van der Waals surface area contributed by atoms with Crippen LogP contribution in [0.2, 0.25) is 5.28 Å². The largest absolute Gasteiger partial charge is 0.477 e. The minimum atomic E-state index is -0.976. The molecule has 0 aromatic carbocycles. The first-order chi connectivity index (χ1) is 12.2. The van der Waals surface area contributed by atoms with E-state index in [1.165, 1.54) is 0 Å². The molecule has 0 spiro atoms. The number of rotatable bonds is 6. The second-order valence-corrected chi connectivity index (χ2v) is 8.19. The number of carbonyl (C=O) groups is 1. The van der Waals surface area contributed by atoms with Crippen molar-refractivity contribution in [2.75, 3.05) is 13.3 Å². The molecule has 1 fully saturated rings. The van der Waals surface area contributed by atoms with E-state index in [-0.39, 0.29) is 22.1 Å². The molecule has 3 rings (SSSR count). The van der Waals surface area contributed by atoms with Crippen molar-refractivity contribution < 1.29 is 14.6 Å². The molecule has 0 bridgehead atoms. The van der Waals surface area contributed by atoms with E-state index in [1.807, 2.05) is 25.3 Å². The van der Waals surface area contributed by atoms with Crippen LogP contribution in [-0.4, -0.2) is 44.5 Å². The number of carboxylic acid groups (broad SMARTS) is 1. The SMILES string of the molecule is CC(C)(C)OCNCC1(n2c(C(=O)O)cc3cnc(Cl)nc32)CCCC1. The molecule has 1 saturated carbocycles. The van der Waals surface area contributed by atoms with Gasteiger partial charge in [-0.25, -0.2) is 9.78 Å². The van der Waals surface area contributed by atoms with Gasteiger partial charge in [0.15, 0.2) is 0 Å². The lowest BCUT2D eigenvalue weighted by atomic mass is 9.96. The van der Waals surface area contributed by atoms with Crippen molar-refractivity contribution >= 4 is 28.6 Å². The van der Waals surface area contributed by atoms with Gasteiger partial charge in [-0.2, -0.15) is 4.98 Å². The van der Waals surface area contributed by atoms with E-state index in [0.717, 1.165) is 25.7 Å². The Morgan fingerprint density at radius 3 is 2.73 bits per heavy atom. The molecular formula is C18H25ClN4O3. The molecule has 142 valence electrons. The Hall–Kier alpha value is -1.70. The van der Waals surface area contributed by atoms with E-state index >= 15 is 0 Å². The Morgan fingerprint density at radius 2 is 2.12 bits per heavy atom. The van der Waals surface area contributed by atoms with Gasteiger partial charge in [-0.1, -0.05) is 12.8 Å². The summed E-state index contributed by atoms with van der Waals surface area (Å²) in [6.45, 7) is 7.01. The van der Waals surface area contributed by atoms with Gasteiger partial charge in [0.2, 0.25) is 5.28 Å². The fraction of sp³-hybridized carbons (Fsp3) is 0.611. The number of carboxylic acids is 1. The Labute approximate surface area is 157 Å². The van der Waals surface area contributed by atoms with Crippen molar-refractivity contribution in [3.63, 3.8) is 0 Å². The predicted molar refractivity (Wildman–Crippen MR) is 99.6 cm³/mol. The maximum atomic E-state index is 11.9. The molecule has 26 heavy (non-hydrogen) atoms. The molecule has 2 N–H and O–H groups in total. The van der Waals surface area contributed by atoms with Crippen LogP contribution in [0.3, 0.4) is 0 Å². The highest BCUT2D eigenvalue weighted by molar-refractivity contribution is 6.28. The third-order valence-electron chi connectivity index (χ3n) is 4.80. The first-order valence-corrected chi connectivity index (χ1v) is 9.22. The van der Waals surface area contributed by atoms with Gasteiger partial charge in [0, 0.05) is 18.1 Å². The smallest absolute Gasteiger partial charge is 0.352 e. The van der Waals surface area contributed by atoms with E-state index in [2.05, 4.69) is 15.3 Å². The summed E-state index contributed by atoms with van der Waals surface area (Å²) in [6, 6.07) is 1.62. The monoisotopic (exact) mass is 380 g/mol. The van der Waals surface area contributed by atoms with Gasteiger partial charge in [0.1, 0.15) is 11.3 Å². The highest BCUT2D eigenvalue weighted by atomic mass is 35.5. The quantitative estimate of drug-likeness (QED) is 0.453. The van der Waals surface area contributed by atoms with E-state index < -0.39 is 5.97 Å². The molecule has 1 aliphatic carbocycles. The maximum absolute atomic E-state index is 11.9. The Balaban J connectivity index is 1.98. The van der Waals surface area contributed by atoms with Crippen LogP contribution in [0.5, 0.6) is 0 Å². The van der Waals surface area contributed by atoms with Crippen LogP contribution in [0.4, 0.5) is 0 Å². The zero-order valence-electron chi connectivity index (χ0n) is 15.4. The van der Waals surface area contributed by atoms with Crippen molar-refractivity contribution in [1.82, 2.24) is 19.9 Å². The standard InChI is InChI=1S/C18H25ClN4O3/c1-17(2,3)26-11-20-10-18(6-4-5-7-18)23-13(15(24)25)8-12-9-21-16(19)22-14(12)23/h8-9,20H,4-7,10-11H2,1-3H3,(H,24,25). The Kier molecular flexibility index (Phi) is 5.23. The van der Waals surface area contributed by atoms with Gasteiger partial charge >= 0.3 is 5.97 Å². The van der Waals surface area contributed by atoms with Crippen molar-refractivity contribution in [2.45, 2.75) is 57.6 Å². The summed E-state index contributed by atoms with van der Waals surface area (Å²) in [7, 11) is 0. The van der Waals surface area contributed by atoms with Gasteiger partial charge in [0.25, 0.3) is 0 Å². The normalized spacial score (nSPS) is 17.1. The van der Waals surface area contributed by atoms with Crippen molar-refractivity contribution in [1.29, 1.82) is 0 Å². The summed E-state index contributed by atoms with van der Waals surface area (Å²) < 4.78 is 7.59. The molecule has 2 heterocycles. The molecule has 2 aromatic heterocycles. The number of nitrogens with zero attached hydrogens (tertiary/aromatic N) is 3. The fourth-order valence-electron chi connectivity index (χ4n) is 3.67. The van der Waals surface area contributed by atoms with Gasteiger partial charge < -0.3 is 14.4 Å². The molecule has 1 aliphatic rings. The fourth-order valence-corrected chi connectivity index (χ4v) is 3.80. The summed E-state index contributed by atoms with van der Waals surface area (Å²) in [5, 5.41) is 13.9. The lowest BCUT2D eigenvalue weighted by Gasteiger charge is -2.33. The topological polar surface area (TPSA) is 89.3 Å². The zero-order valence-corrected chi connectivity index (χ0v) is 16.1. The lowest BCUT2D eigenvalue weighted by molar-refractivity contribution is -0.0164. The van der Waals surface area contributed by atoms with E-state index in [1.54, 1.807) is 12.3 Å². The van der Waals surface area contributed by atoms with Crippen LogP contribution in [0.15, 0.2) is 12.3 Å². The van der Waals surface area contributed by atoms with Crippen LogP contribution in [0, 0.1) is 0 Å². The Morgan fingerprint density at radius 1 is 1.42 bits per heavy atom. The van der Waals surface area contributed by atoms with E-state index in [4.69, 9.17) is 16.3 Å². The van der Waals surface area contributed by atoms with Crippen LogP contribution >= 0.6 is 11.6 Å². The first-order valence-electron chi connectivity index (χ1n) is 8.84. The van der Waals surface area contributed by atoms with Crippen molar-refractivity contribution in [2.24, 2.45) is 0 Å². The average molecular weight is 381 g/mol. The van der Waals surface area contributed by atoms with Crippen LogP contribution < -0.4 is 5.32 Å². The molecule has 0 radical (unpaired) electrons. The molecule has 0 unspecified atom stereocenters. The van der Waals surface area contributed by atoms with Gasteiger partial charge in [0.05, 0.1) is 17.9 Å². The molecule has 8 heteroatoms. The molecule has 0 saturated heterocycles. The molecule has 0 aliphatic heterocycles. The van der Waals surface area contributed by atoms with Crippen LogP contribution in [-0.2, 0) is 10.3 Å². The summed E-state index contributed by atoms with van der Waals surface area (Å²) in [6.07, 6.45) is 5.41. The van der Waals surface area contributed by atoms with E-state index in [9.17, 15) is 9.90 Å². The zero-order chi connectivity index (χ0) is 18.9. The number of aromatic carboxylic acids is 1. The molecule has 0 amide bonds. The average Bonchev–Trinajstić information content (AvgIpc) is 3.15. The number of hydrogen-bond acceptors (Lipinski definition) is 5. The third kappa shape index (κ3) is 3.84. The minimum Gasteiger partial charge on any atom is -0.477 e. The van der Waals surface area contributed by atoms with Crippen molar-refractivity contribution in [3.8, 4) is 0 Å². The second kappa shape index (κ2) is 7.13. The molecule has 7 nitrogen and oxygen atoms in total. The highest BCUT2D eigenvalue weighted by Gasteiger charge is 2.39. The molecular weight excluding hydrogens is 356 g/mol. The van der Waals surface area contributed by atoms with Crippen LogP contribution in [0.25, 0.3) is 11.0 Å². The number of halogens is 1. The second-order valence-electron chi connectivity index (χ2n) is 7.85. The first kappa shape index (κ1) is 19.1. The maximum Gasteiger partial charge on any atom is 0.352 e. The van der Waals surface area contributed by atoms with Crippen molar-refractivity contribution in [3.05, 3.63) is 23.2 Å². The summed E-state index contributed by atoms with van der Waals surface area (Å²) in [5.74, 6) is -0.976. The molecule has 0 atom stereocenters. The number of hydrogen-bond donors (Lipinski definition) is 2.